The summed E-state index contributed by atoms with van der Waals surface area (Å²) < 4.78 is 8.90. The van der Waals surface area contributed by atoms with Crippen molar-refractivity contribution < 1.29 is 9.53 Å². The predicted octanol–water partition coefficient (Wildman–Crippen LogP) is 1.42. The molecular formula is C20H18N4O4. The van der Waals surface area contributed by atoms with Gasteiger partial charge in [0.1, 0.15) is 6.54 Å². The molecule has 0 atom stereocenters. The fourth-order valence-corrected chi connectivity index (χ4v) is 3.23. The summed E-state index contributed by atoms with van der Waals surface area (Å²) in [6.45, 7) is 1.90. The normalized spacial score (nSPS) is 11.2. The van der Waals surface area contributed by atoms with Crippen molar-refractivity contribution in [3.05, 3.63) is 80.9 Å². The highest BCUT2D eigenvalue weighted by Crippen LogP contribution is 2.19. The van der Waals surface area contributed by atoms with Crippen molar-refractivity contribution in [2.45, 2.75) is 20.0 Å². The molecule has 0 aliphatic carbocycles. The van der Waals surface area contributed by atoms with E-state index in [2.05, 4.69) is 5.10 Å². The molecule has 2 aromatic heterocycles. The minimum absolute atomic E-state index is 0.184. The van der Waals surface area contributed by atoms with Crippen LogP contribution in [-0.4, -0.2) is 31.3 Å². The lowest BCUT2D eigenvalue weighted by Crippen LogP contribution is -2.42. The first-order chi connectivity index (χ1) is 13.6. The van der Waals surface area contributed by atoms with Crippen molar-refractivity contribution >= 4 is 22.8 Å². The highest BCUT2D eigenvalue weighted by molar-refractivity contribution is 5.80. The zero-order valence-electron chi connectivity index (χ0n) is 15.2. The second-order valence-electron chi connectivity index (χ2n) is 6.27. The Balaban J connectivity index is 1.98. The quantitative estimate of drug-likeness (QED) is 0.387. The van der Waals surface area contributed by atoms with E-state index in [1.165, 1.54) is 4.40 Å². The summed E-state index contributed by atoms with van der Waals surface area (Å²) in [4.78, 5) is 37.1. The molecule has 4 aromatic rings. The molecule has 28 heavy (non-hydrogen) atoms. The monoisotopic (exact) mass is 378 g/mol. The predicted molar refractivity (Wildman–Crippen MR) is 103 cm³/mol. The molecule has 8 heteroatoms. The van der Waals surface area contributed by atoms with Gasteiger partial charge in [-0.1, -0.05) is 42.5 Å². The summed E-state index contributed by atoms with van der Waals surface area (Å²) in [6, 6.07) is 17.0. The van der Waals surface area contributed by atoms with Crippen molar-refractivity contribution in [1.82, 2.24) is 18.7 Å². The number of nitrogens with zero attached hydrogens (tertiary/aromatic N) is 4. The van der Waals surface area contributed by atoms with Crippen LogP contribution in [0.5, 0.6) is 0 Å². The number of carbonyl (C=O) groups is 1. The van der Waals surface area contributed by atoms with Gasteiger partial charge in [-0.3, -0.25) is 14.4 Å². The van der Waals surface area contributed by atoms with Gasteiger partial charge < -0.3 is 9.30 Å². The first-order valence-corrected chi connectivity index (χ1v) is 8.91. The van der Waals surface area contributed by atoms with Gasteiger partial charge in [0, 0.05) is 0 Å². The van der Waals surface area contributed by atoms with E-state index in [0.717, 1.165) is 15.8 Å². The molecule has 142 valence electrons. The van der Waals surface area contributed by atoms with E-state index < -0.39 is 23.6 Å². The third kappa shape index (κ3) is 2.98. The number of hydrogen-bond acceptors (Lipinski definition) is 5. The summed E-state index contributed by atoms with van der Waals surface area (Å²) in [6.07, 6.45) is 0. The molecule has 0 amide bonds. The highest BCUT2D eigenvalue weighted by Gasteiger charge is 2.18. The van der Waals surface area contributed by atoms with Crippen molar-refractivity contribution in [1.29, 1.82) is 0 Å². The highest BCUT2D eigenvalue weighted by atomic mass is 16.5. The molecule has 8 nitrogen and oxygen atoms in total. The van der Waals surface area contributed by atoms with E-state index in [4.69, 9.17) is 4.74 Å². The average Bonchev–Trinajstić information content (AvgIpc) is 3.00. The average molecular weight is 378 g/mol. The third-order valence-electron chi connectivity index (χ3n) is 4.45. The summed E-state index contributed by atoms with van der Waals surface area (Å²) >= 11 is 0. The number of benzene rings is 2. The second kappa shape index (κ2) is 7.15. The fraction of sp³-hybridized carbons (Fsp3) is 0.200. The molecule has 0 fully saturated rings. The minimum Gasteiger partial charge on any atom is -0.465 e. The number of rotatable bonds is 5. The topological polar surface area (TPSA) is 87.6 Å². The number of ether oxygens (including phenoxy) is 1. The molecule has 0 aliphatic rings. The van der Waals surface area contributed by atoms with E-state index in [9.17, 15) is 14.4 Å². The number of hydrogen-bond donors (Lipinski definition) is 0. The maximum atomic E-state index is 12.8. The maximum absolute atomic E-state index is 12.8. The first kappa shape index (κ1) is 17.7. The van der Waals surface area contributed by atoms with Crippen LogP contribution in [0.25, 0.3) is 16.8 Å². The smallest absolute Gasteiger partial charge is 0.333 e. The van der Waals surface area contributed by atoms with Gasteiger partial charge in [-0.2, -0.15) is 0 Å². The largest absolute Gasteiger partial charge is 0.465 e. The SMILES string of the molecule is CCOC(=O)Cn1nc2n(Cc3ccccc3)c3ccccc3n2c(=O)c1=O. The zero-order valence-corrected chi connectivity index (χ0v) is 15.2. The molecule has 0 N–H and O–H groups in total. The Hall–Kier alpha value is -3.68. The van der Waals surface area contributed by atoms with Gasteiger partial charge in [0.25, 0.3) is 0 Å². The van der Waals surface area contributed by atoms with Gasteiger partial charge in [-0.15, -0.1) is 5.10 Å². The molecular weight excluding hydrogens is 360 g/mol. The van der Waals surface area contributed by atoms with Crippen molar-refractivity contribution in [2.24, 2.45) is 0 Å². The molecule has 2 heterocycles. The summed E-state index contributed by atoms with van der Waals surface area (Å²) in [5.74, 6) is -0.328. The summed E-state index contributed by atoms with van der Waals surface area (Å²) in [5.41, 5.74) is 0.754. The number of fused-ring (bicyclic) bond motifs is 3. The van der Waals surface area contributed by atoms with Crippen LogP contribution in [0.4, 0.5) is 0 Å². The molecule has 4 rings (SSSR count). The van der Waals surface area contributed by atoms with E-state index >= 15 is 0 Å². The minimum atomic E-state index is -0.867. The summed E-state index contributed by atoms with van der Waals surface area (Å²) in [5, 5.41) is 4.32. The van der Waals surface area contributed by atoms with Crippen LogP contribution in [0.15, 0.2) is 64.2 Å². The van der Waals surface area contributed by atoms with Gasteiger partial charge in [0.2, 0.25) is 5.78 Å². The van der Waals surface area contributed by atoms with Crippen LogP contribution in [0.3, 0.4) is 0 Å². The van der Waals surface area contributed by atoms with Crippen molar-refractivity contribution in [3.63, 3.8) is 0 Å². The number of carbonyl (C=O) groups excluding carboxylic acids is 1. The van der Waals surface area contributed by atoms with Gasteiger partial charge in [0.05, 0.1) is 24.2 Å². The van der Waals surface area contributed by atoms with Crippen LogP contribution >= 0.6 is 0 Å². The molecule has 0 radical (unpaired) electrons. The molecule has 0 spiro atoms. The fourth-order valence-electron chi connectivity index (χ4n) is 3.23. The van der Waals surface area contributed by atoms with Gasteiger partial charge >= 0.3 is 17.1 Å². The van der Waals surface area contributed by atoms with Crippen LogP contribution in [0.2, 0.25) is 0 Å². The Kier molecular flexibility index (Phi) is 4.52. The third-order valence-corrected chi connectivity index (χ3v) is 4.45. The van der Waals surface area contributed by atoms with E-state index in [-0.39, 0.29) is 6.61 Å². The van der Waals surface area contributed by atoms with Gasteiger partial charge in [-0.25, -0.2) is 9.08 Å². The Labute approximate surface area is 159 Å². The lowest BCUT2D eigenvalue weighted by Gasteiger charge is -2.08. The standard InChI is InChI=1S/C20H18N4O4/c1-2-28-17(25)13-23-18(26)19(27)24-16-11-7-6-10-15(16)22(20(24)21-23)12-14-8-4-3-5-9-14/h3-11H,2,12-13H2,1H3. The van der Waals surface area contributed by atoms with E-state index in [1.807, 2.05) is 47.0 Å². The number of esters is 1. The molecule has 0 saturated carbocycles. The maximum Gasteiger partial charge on any atom is 0.333 e. The van der Waals surface area contributed by atoms with E-state index in [1.54, 1.807) is 19.1 Å². The van der Waals surface area contributed by atoms with Crippen LogP contribution in [-0.2, 0) is 22.6 Å². The lowest BCUT2D eigenvalue weighted by molar-refractivity contribution is -0.144. The van der Waals surface area contributed by atoms with Gasteiger partial charge in [-0.05, 0) is 24.6 Å². The molecule has 0 unspecified atom stereocenters. The van der Waals surface area contributed by atoms with Crippen LogP contribution in [0.1, 0.15) is 12.5 Å². The van der Waals surface area contributed by atoms with Crippen LogP contribution in [0, 0.1) is 0 Å². The van der Waals surface area contributed by atoms with Crippen LogP contribution < -0.4 is 11.1 Å². The first-order valence-electron chi connectivity index (χ1n) is 8.91. The Morgan fingerprint density at radius 1 is 0.964 bits per heavy atom. The number of para-hydroxylation sites is 2. The van der Waals surface area contributed by atoms with Gasteiger partial charge in [0.15, 0.2) is 0 Å². The molecule has 2 aromatic carbocycles. The molecule has 0 aliphatic heterocycles. The molecule has 0 bridgehead atoms. The summed E-state index contributed by atoms with van der Waals surface area (Å²) in [7, 11) is 0. The van der Waals surface area contributed by atoms with Crippen molar-refractivity contribution in [2.75, 3.05) is 6.61 Å². The Morgan fingerprint density at radius 2 is 1.64 bits per heavy atom. The zero-order chi connectivity index (χ0) is 19.7. The van der Waals surface area contributed by atoms with Crippen molar-refractivity contribution in [3.8, 4) is 0 Å². The lowest BCUT2D eigenvalue weighted by atomic mass is 10.2. The van der Waals surface area contributed by atoms with E-state index in [0.29, 0.717) is 17.8 Å². The Bertz CT molecular complexity index is 1280. The number of imidazole rings is 1. The Morgan fingerprint density at radius 3 is 2.36 bits per heavy atom. The number of aromatic nitrogens is 4. The molecule has 0 saturated heterocycles. The second-order valence-corrected chi connectivity index (χ2v) is 6.27.